The molecule has 1 amide bonds. The molecular formula is C13H17NO4. The molecule has 98 valence electrons. The molecule has 0 aliphatic carbocycles. The average Bonchev–Trinajstić information content (AvgIpc) is 2.36. The maximum Gasteiger partial charge on any atom is 0.305 e. The van der Waals surface area contributed by atoms with Gasteiger partial charge in [-0.1, -0.05) is 30.3 Å². The number of carbonyl (C=O) groups excluding carboxylic acids is 1. The third kappa shape index (κ3) is 5.45. The second-order valence-electron chi connectivity index (χ2n) is 3.87. The zero-order valence-corrected chi connectivity index (χ0v) is 10.3. The van der Waals surface area contributed by atoms with Gasteiger partial charge in [0.1, 0.15) is 6.10 Å². The maximum atomic E-state index is 11.5. The van der Waals surface area contributed by atoms with E-state index in [1.165, 1.54) is 0 Å². The van der Waals surface area contributed by atoms with Gasteiger partial charge in [0.05, 0.1) is 13.0 Å². The molecule has 1 atom stereocenters. The van der Waals surface area contributed by atoms with Crippen molar-refractivity contribution in [2.75, 3.05) is 6.54 Å². The van der Waals surface area contributed by atoms with Crippen LogP contribution in [0.15, 0.2) is 30.3 Å². The second kappa shape index (κ2) is 7.45. The predicted molar refractivity (Wildman–Crippen MR) is 66.0 cm³/mol. The Morgan fingerprint density at radius 2 is 2.00 bits per heavy atom. The minimum atomic E-state index is -0.937. The van der Waals surface area contributed by atoms with Gasteiger partial charge in [0.25, 0.3) is 0 Å². The number of carbonyl (C=O) groups is 2. The number of nitrogens with one attached hydrogen (secondary N) is 1. The standard InChI is InChI=1S/C13H17NO4/c1-10(13(17)14-8-7-12(15)16)18-9-11-5-3-2-4-6-11/h2-6,10H,7-9H2,1H3,(H,14,17)(H,15,16). The topological polar surface area (TPSA) is 75.6 Å². The first-order valence-electron chi connectivity index (χ1n) is 5.74. The Morgan fingerprint density at radius 3 is 2.61 bits per heavy atom. The first-order valence-corrected chi connectivity index (χ1v) is 5.74. The van der Waals surface area contributed by atoms with Crippen molar-refractivity contribution in [1.82, 2.24) is 5.32 Å². The molecule has 0 heterocycles. The Morgan fingerprint density at radius 1 is 1.33 bits per heavy atom. The van der Waals surface area contributed by atoms with E-state index in [2.05, 4.69) is 5.32 Å². The molecule has 18 heavy (non-hydrogen) atoms. The van der Waals surface area contributed by atoms with Crippen LogP contribution in [-0.4, -0.2) is 29.6 Å². The lowest BCUT2D eigenvalue weighted by atomic mass is 10.2. The number of ether oxygens (including phenoxy) is 1. The first kappa shape index (κ1) is 14.2. The lowest BCUT2D eigenvalue weighted by Gasteiger charge is -2.12. The van der Waals surface area contributed by atoms with Crippen LogP contribution in [0.5, 0.6) is 0 Å². The number of amides is 1. The molecule has 1 rings (SSSR count). The Hall–Kier alpha value is -1.88. The molecule has 5 nitrogen and oxygen atoms in total. The molecule has 5 heteroatoms. The van der Waals surface area contributed by atoms with E-state index >= 15 is 0 Å². The van der Waals surface area contributed by atoms with E-state index < -0.39 is 12.1 Å². The molecule has 0 radical (unpaired) electrons. The summed E-state index contributed by atoms with van der Waals surface area (Å²) < 4.78 is 5.39. The molecule has 0 bridgehead atoms. The largest absolute Gasteiger partial charge is 0.481 e. The second-order valence-corrected chi connectivity index (χ2v) is 3.87. The number of hydrogen-bond acceptors (Lipinski definition) is 3. The van der Waals surface area contributed by atoms with Gasteiger partial charge in [0.15, 0.2) is 0 Å². The fourth-order valence-electron chi connectivity index (χ4n) is 1.31. The van der Waals surface area contributed by atoms with E-state index in [0.29, 0.717) is 6.61 Å². The molecule has 0 saturated heterocycles. The Balaban J connectivity index is 2.25. The van der Waals surface area contributed by atoms with Crippen molar-refractivity contribution < 1.29 is 19.4 Å². The molecule has 0 spiro atoms. The Labute approximate surface area is 106 Å². The monoisotopic (exact) mass is 251 g/mol. The van der Waals surface area contributed by atoms with Crippen LogP contribution in [0.3, 0.4) is 0 Å². The smallest absolute Gasteiger partial charge is 0.305 e. The fourth-order valence-corrected chi connectivity index (χ4v) is 1.31. The van der Waals surface area contributed by atoms with Crippen molar-refractivity contribution in [2.24, 2.45) is 0 Å². The summed E-state index contributed by atoms with van der Waals surface area (Å²) in [5, 5.41) is 10.9. The number of rotatable bonds is 7. The highest BCUT2D eigenvalue weighted by Gasteiger charge is 2.13. The van der Waals surface area contributed by atoms with E-state index in [1.807, 2.05) is 30.3 Å². The normalized spacial score (nSPS) is 11.8. The van der Waals surface area contributed by atoms with Crippen molar-refractivity contribution in [3.05, 3.63) is 35.9 Å². The highest BCUT2D eigenvalue weighted by atomic mass is 16.5. The van der Waals surface area contributed by atoms with E-state index in [9.17, 15) is 9.59 Å². The van der Waals surface area contributed by atoms with Crippen LogP contribution in [0.4, 0.5) is 0 Å². The molecule has 1 aromatic carbocycles. The summed E-state index contributed by atoms with van der Waals surface area (Å²) in [6.07, 6.45) is -0.684. The molecule has 0 saturated carbocycles. The number of benzene rings is 1. The number of aliphatic carboxylic acids is 1. The van der Waals surface area contributed by atoms with Crippen molar-refractivity contribution in [2.45, 2.75) is 26.1 Å². The van der Waals surface area contributed by atoms with E-state index in [1.54, 1.807) is 6.92 Å². The molecule has 1 aromatic rings. The van der Waals surface area contributed by atoms with Crippen LogP contribution in [0.25, 0.3) is 0 Å². The summed E-state index contributed by atoms with van der Waals surface area (Å²) >= 11 is 0. The first-order chi connectivity index (χ1) is 8.59. The Bertz CT molecular complexity index is 391. The number of carboxylic acid groups (broad SMARTS) is 1. The van der Waals surface area contributed by atoms with Crippen molar-refractivity contribution in [1.29, 1.82) is 0 Å². The Kier molecular flexibility index (Phi) is 5.87. The van der Waals surface area contributed by atoms with Gasteiger partial charge in [0, 0.05) is 6.54 Å². The molecule has 0 fully saturated rings. The van der Waals surface area contributed by atoms with E-state index in [0.717, 1.165) is 5.56 Å². The van der Waals surface area contributed by atoms with E-state index in [4.69, 9.17) is 9.84 Å². The molecule has 1 unspecified atom stereocenters. The van der Waals surface area contributed by atoms with Gasteiger partial charge in [-0.2, -0.15) is 0 Å². The number of hydrogen-bond donors (Lipinski definition) is 2. The summed E-state index contributed by atoms with van der Waals surface area (Å²) in [7, 11) is 0. The molecule has 0 aliphatic rings. The third-order valence-corrected chi connectivity index (χ3v) is 2.35. The molecular weight excluding hydrogens is 234 g/mol. The van der Waals surface area contributed by atoms with Crippen molar-refractivity contribution in [3.63, 3.8) is 0 Å². The highest BCUT2D eigenvalue weighted by molar-refractivity contribution is 5.80. The maximum absolute atomic E-state index is 11.5. The molecule has 0 aliphatic heterocycles. The van der Waals surface area contributed by atoms with Crippen LogP contribution in [0.1, 0.15) is 18.9 Å². The lowest BCUT2D eigenvalue weighted by Crippen LogP contribution is -2.35. The zero-order valence-electron chi connectivity index (χ0n) is 10.3. The van der Waals surface area contributed by atoms with Gasteiger partial charge in [-0.25, -0.2) is 0 Å². The summed E-state index contributed by atoms with van der Waals surface area (Å²) in [6.45, 7) is 2.11. The predicted octanol–water partition coefficient (Wildman–Crippen LogP) is 1.18. The minimum Gasteiger partial charge on any atom is -0.481 e. The van der Waals surface area contributed by atoms with Gasteiger partial charge in [0.2, 0.25) is 5.91 Å². The van der Waals surface area contributed by atoms with Crippen molar-refractivity contribution in [3.8, 4) is 0 Å². The number of carboxylic acids is 1. The van der Waals surface area contributed by atoms with Gasteiger partial charge >= 0.3 is 5.97 Å². The lowest BCUT2D eigenvalue weighted by molar-refractivity contribution is -0.137. The SMILES string of the molecule is CC(OCc1ccccc1)C(=O)NCCC(=O)O. The van der Waals surface area contributed by atoms with Gasteiger partial charge in [-0.15, -0.1) is 0 Å². The average molecular weight is 251 g/mol. The van der Waals surface area contributed by atoms with Crippen LogP contribution < -0.4 is 5.32 Å². The summed E-state index contributed by atoms with van der Waals surface area (Å²) in [5.74, 6) is -1.24. The van der Waals surface area contributed by atoms with Gasteiger partial charge < -0.3 is 15.2 Å². The molecule has 2 N–H and O–H groups in total. The summed E-state index contributed by atoms with van der Waals surface area (Å²) in [5.41, 5.74) is 0.989. The van der Waals surface area contributed by atoms with Crippen LogP contribution in [-0.2, 0) is 20.9 Å². The van der Waals surface area contributed by atoms with E-state index in [-0.39, 0.29) is 18.9 Å². The third-order valence-electron chi connectivity index (χ3n) is 2.35. The fraction of sp³-hybridized carbons (Fsp3) is 0.385. The van der Waals surface area contributed by atoms with Crippen LogP contribution in [0, 0.1) is 0 Å². The van der Waals surface area contributed by atoms with Crippen LogP contribution in [0.2, 0.25) is 0 Å². The zero-order chi connectivity index (χ0) is 13.4. The molecule has 0 aromatic heterocycles. The highest BCUT2D eigenvalue weighted by Crippen LogP contribution is 2.03. The quantitative estimate of drug-likeness (QED) is 0.763. The minimum absolute atomic E-state index is 0.0862. The van der Waals surface area contributed by atoms with Gasteiger partial charge in [-0.3, -0.25) is 9.59 Å². The van der Waals surface area contributed by atoms with Gasteiger partial charge in [-0.05, 0) is 12.5 Å². The summed E-state index contributed by atoms with van der Waals surface area (Å²) in [4.78, 5) is 21.8. The summed E-state index contributed by atoms with van der Waals surface area (Å²) in [6, 6.07) is 9.53. The van der Waals surface area contributed by atoms with Crippen LogP contribution >= 0.6 is 0 Å². The van der Waals surface area contributed by atoms with Crippen molar-refractivity contribution >= 4 is 11.9 Å².